The molecule has 0 atom stereocenters. The molecule has 3 rings (SSSR count). The maximum absolute atomic E-state index is 12.8. The third-order valence-corrected chi connectivity index (χ3v) is 3.89. The first kappa shape index (κ1) is 15.9. The second-order valence-electron chi connectivity index (χ2n) is 5.45. The highest BCUT2D eigenvalue weighted by Gasteiger charge is 2.19. The lowest BCUT2D eigenvalue weighted by Gasteiger charge is -2.12. The quantitative estimate of drug-likeness (QED) is 0.800. The molecule has 0 radical (unpaired) electrons. The number of aromatic nitrogens is 2. The molecule has 6 heteroatoms. The van der Waals surface area contributed by atoms with E-state index in [-0.39, 0.29) is 5.91 Å². The number of nitrogens with zero attached hydrogens (tertiary/aromatic N) is 2. The van der Waals surface area contributed by atoms with Gasteiger partial charge in [-0.15, -0.1) is 0 Å². The lowest BCUT2D eigenvalue weighted by atomic mass is 10.2. The van der Waals surface area contributed by atoms with Gasteiger partial charge in [-0.1, -0.05) is 6.07 Å². The van der Waals surface area contributed by atoms with Gasteiger partial charge in [-0.25, -0.2) is 4.98 Å². The molecule has 24 heavy (non-hydrogen) atoms. The third-order valence-electron chi connectivity index (χ3n) is 3.89. The molecule has 0 aliphatic heterocycles. The normalized spacial score (nSPS) is 10.7. The third kappa shape index (κ3) is 2.67. The van der Waals surface area contributed by atoms with Crippen molar-refractivity contribution in [1.82, 2.24) is 9.38 Å². The highest BCUT2D eigenvalue weighted by Crippen LogP contribution is 2.29. The van der Waals surface area contributed by atoms with Gasteiger partial charge in [0, 0.05) is 12.3 Å². The van der Waals surface area contributed by atoms with E-state index < -0.39 is 0 Å². The van der Waals surface area contributed by atoms with E-state index in [2.05, 4.69) is 10.3 Å². The topological polar surface area (TPSA) is 64.9 Å². The molecular weight excluding hydrogens is 306 g/mol. The zero-order valence-electron chi connectivity index (χ0n) is 14.1. The number of nitrogens with one attached hydrogen (secondary N) is 1. The maximum atomic E-state index is 12.8. The predicted molar refractivity (Wildman–Crippen MR) is 92.2 cm³/mol. The van der Waals surface area contributed by atoms with E-state index in [1.165, 1.54) is 0 Å². The fourth-order valence-electron chi connectivity index (χ4n) is 2.68. The Bertz CT molecular complexity index is 915. The van der Waals surface area contributed by atoms with Crippen molar-refractivity contribution in [3.63, 3.8) is 0 Å². The molecule has 0 bridgehead atoms. The summed E-state index contributed by atoms with van der Waals surface area (Å²) in [5, 5.41) is 2.89. The van der Waals surface area contributed by atoms with Crippen molar-refractivity contribution in [2.75, 3.05) is 19.5 Å². The van der Waals surface area contributed by atoms with Crippen LogP contribution in [0.15, 0.2) is 36.5 Å². The number of rotatable bonds is 4. The van der Waals surface area contributed by atoms with Crippen molar-refractivity contribution in [2.45, 2.75) is 13.8 Å². The summed E-state index contributed by atoms with van der Waals surface area (Å²) >= 11 is 0. The molecule has 0 fully saturated rings. The van der Waals surface area contributed by atoms with E-state index in [9.17, 15) is 4.79 Å². The summed E-state index contributed by atoms with van der Waals surface area (Å²) in [6.45, 7) is 3.79. The van der Waals surface area contributed by atoms with Crippen LogP contribution in [0.25, 0.3) is 5.65 Å². The van der Waals surface area contributed by atoms with E-state index >= 15 is 0 Å². The molecule has 0 spiro atoms. The monoisotopic (exact) mass is 325 g/mol. The summed E-state index contributed by atoms with van der Waals surface area (Å²) in [5.74, 6) is 0.945. The number of methoxy groups -OCH3 is 2. The summed E-state index contributed by atoms with van der Waals surface area (Å²) in [6.07, 6.45) is 1.83. The van der Waals surface area contributed by atoms with Crippen molar-refractivity contribution < 1.29 is 14.3 Å². The molecule has 6 nitrogen and oxygen atoms in total. The number of ether oxygens (including phenoxy) is 2. The lowest BCUT2D eigenvalue weighted by Crippen LogP contribution is -2.16. The molecule has 124 valence electrons. The summed E-state index contributed by atoms with van der Waals surface area (Å²) < 4.78 is 12.3. The first-order valence-corrected chi connectivity index (χ1v) is 7.52. The number of benzene rings is 1. The average molecular weight is 325 g/mol. The number of amides is 1. The van der Waals surface area contributed by atoms with Gasteiger partial charge in [0.05, 0.1) is 25.6 Å². The molecule has 0 unspecified atom stereocenters. The molecule has 0 aliphatic rings. The molecule has 1 amide bonds. The van der Waals surface area contributed by atoms with Crippen LogP contribution in [0.5, 0.6) is 11.5 Å². The molecule has 3 aromatic rings. The molecule has 2 aromatic heterocycles. The number of carbonyl (C=O) groups is 1. The Hall–Kier alpha value is -3.02. The maximum Gasteiger partial charge on any atom is 0.274 e. The second kappa shape index (κ2) is 6.23. The Morgan fingerprint density at radius 3 is 2.67 bits per heavy atom. The Morgan fingerprint density at radius 1 is 1.17 bits per heavy atom. The fraction of sp³-hybridized carbons (Fsp3) is 0.222. The van der Waals surface area contributed by atoms with Crippen LogP contribution < -0.4 is 14.8 Å². The van der Waals surface area contributed by atoms with Gasteiger partial charge >= 0.3 is 0 Å². The van der Waals surface area contributed by atoms with Gasteiger partial charge in [0.25, 0.3) is 5.91 Å². The minimum Gasteiger partial charge on any atom is -0.497 e. The molecule has 0 saturated heterocycles. The Balaban J connectivity index is 2.02. The number of fused-ring (bicyclic) bond motifs is 1. The summed E-state index contributed by atoms with van der Waals surface area (Å²) in [7, 11) is 3.13. The summed E-state index contributed by atoms with van der Waals surface area (Å²) in [6, 6.07) is 9.11. The fourth-order valence-corrected chi connectivity index (χ4v) is 2.68. The average Bonchev–Trinajstić information content (AvgIpc) is 2.92. The zero-order valence-corrected chi connectivity index (χ0v) is 14.1. The van der Waals surface area contributed by atoms with Gasteiger partial charge in [-0.2, -0.15) is 0 Å². The van der Waals surface area contributed by atoms with E-state index in [0.717, 1.165) is 11.2 Å². The van der Waals surface area contributed by atoms with Gasteiger partial charge in [-0.3, -0.25) is 9.20 Å². The van der Waals surface area contributed by atoms with Gasteiger partial charge < -0.3 is 14.8 Å². The molecule has 2 heterocycles. The van der Waals surface area contributed by atoms with Crippen LogP contribution in [0.2, 0.25) is 0 Å². The lowest BCUT2D eigenvalue weighted by molar-refractivity contribution is 0.102. The van der Waals surface area contributed by atoms with Crippen LogP contribution in [0.3, 0.4) is 0 Å². The van der Waals surface area contributed by atoms with Crippen LogP contribution in [0.4, 0.5) is 5.69 Å². The first-order valence-electron chi connectivity index (χ1n) is 7.52. The van der Waals surface area contributed by atoms with Crippen molar-refractivity contribution in [3.05, 3.63) is 53.5 Å². The minimum absolute atomic E-state index is 0.253. The van der Waals surface area contributed by atoms with Gasteiger partial charge in [0.15, 0.2) is 0 Å². The standard InChI is InChI=1S/C18H19N3O3/c1-11-6-5-9-21-16(12(2)19-17(11)21)18(22)20-14-10-13(23-3)7-8-15(14)24-4/h5-10H,1-4H3,(H,20,22). The SMILES string of the molecule is COc1ccc(OC)c(NC(=O)c2c(C)nc3c(C)cccn23)c1. The highest BCUT2D eigenvalue weighted by atomic mass is 16.5. The summed E-state index contributed by atoms with van der Waals surface area (Å²) in [4.78, 5) is 17.3. The van der Waals surface area contributed by atoms with Crippen molar-refractivity contribution in [3.8, 4) is 11.5 Å². The van der Waals surface area contributed by atoms with Crippen LogP contribution in [-0.2, 0) is 0 Å². The van der Waals surface area contributed by atoms with Crippen LogP contribution >= 0.6 is 0 Å². The van der Waals surface area contributed by atoms with Crippen molar-refractivity contribution in [2.24, 2.45) is 0 Å². The second-order valence-corrected chi connectivity index (χ2v) is 5.45. The molecule has 1 N–H and O–H groups in total. The zero-order chi connectivity index (χ0) is 17.3. The van der Waals surface area contributed by atoms with E-state index in [1.54, 1.807) is 36.8 Å². The van der Waals surface area contributed by atoms with E-state index in [1.807, 2.05) is 32.2 Å². The number of carbonyl (C=O) groups excluding carboxylic acids is 1. The van der Waals surface area contributed by atoms with E-state index in [4.69, 9.17) is 9.47 Å². The molecular formula is C18H19N3O3. The number of aryl methyl sites for hydroxylation is 2. The van der Waals surface area contributed by atoms with Gasteiger partial charge in [0.1, 0.15) is 22.8 Å². The molecule has 0 saturated carbocycles. The van der Waals surface area contributed by atoms with Crippen molar-refractivity contribution in [1.29, 1.82) is 0 Å². The number of pyridine rings is 1. The number of anilines is 1. The first-order chi connectivity index (χ1) is 11.5. The smallest absolute Gasteiger partial charge is 0.274 e. The summed E-state index contributed by atoms with van der Waals surface area (Å²) in [5.41, 5.74) is 3.50. The molecule has 1 aromatic carbocycles. The Labute approximate surface area is 140 Å². The minimum atomic E-state index is -0.253. The van der Waals surface area contributed by atoms with Gasteiger partial charge in [0.2, 0.25) is 0 Å². The highest BCUT2D eigenvalue weighted by molar-refractivity contribution is 6.05. The number of imidazole rings is 1. The van der Waals surface area contributed by atoms with Crippen molar-refractivity contribution >= 4 is 17.2 Å². The number of hydrogen-bond donors (Lipinski definition) is 1. The van der Waals surface area contributed by atoms with Gasteiger partial charge in [-0.05, 0) is 37.6 Å². The van der Waals surface area contributed by atoms with E-state index in [0.29, 0.717) is 28.6 Å². The Kier molecular flexibility index (Phi) is 4.12. The molecule has 0 aliphatic carbocycles. The largest absolute Gasteiger partial charge is 0.497 e. The predicted octanol–water partition coefficient (Wildman–Crippen LogP) is 3.22. The Morgan fingerprint density at radius 2 is 1.96 bits per heavy atom. The van der Waals surface area contributed by atoms with Crippen LogP contribution in [-0.4, -0.2) is 29.5 Å². The van der Waals surface area contributed by atoms with Crippen LogP contribution in [0.1, 0.15) is 21.7 Å². The number of hydrogen-bond acceptors (Lipinski definition) is 4. The van der Waals surface area contributed by atoms with Crippen LogP contribution in [0, 0.1) is 13.8 Å².